The summed E-state index contributed by atoms with van der Waals surface area (Å²) >= 11 is 0. The predicted molar refractivity (Wildman–Crippen MR) is 81.4 cm³/mol. The Hall–Kier alpha value is -2.05. The van der Waals surface area contributed by atoms with Gasteiger partial charge in [-0.2, -0.15) is 5.26 Å². The molecule has 1 N–H and O–H groups in total. The van der Waals surface area contributed by atoms with Gasteiger partial charge in [0.2, 0.25) is 0 Å². The number of nitrogens with one attached hydrogen (secondary N) is 1. The number of aromatic nitrogens is 1. The molecule has 0 saturated carbocycles. The number of hydrogen-bond donors (Lipinski definition) is 1. The largest absolute Gasteiger partial charge is 0.350 e. The zero-order valence-electron chi connectivity index (χ0n) is 12.1. The fourth-order valence-electron chi connectivity index (χ4n) is 2.48. The average molecular weight is 267 g/mol. The van der Waals surface area contributed by atoms with Crippen LogP contribution in [0.1, 0.15) is 42.5 Å². The maximum absolute atomic E-state index is 8.93. The van der Waals surface area contributed by atoms with E-state index in [2.05, 4.69) is 47.4 Å². The van der Waals surface area contributed by atoms with E-state index in [1.165, 1.54) is 12.0 Å². The van der Waals surface area contributed by atoms with Crippen molar-refractivity contribution in [2.75, 3.05) is 7.05 Å². The van der Waals surface area contributed by atoms with Gasteiger partial charge >= 0.3 is 0 Å². The van der Waals surface area contributed by atoms with Crippen LogP contribution in [0.15, 0.2) is 42.7 Å². The molecule has 2 aromatic rings. The zero-order valence-corrected chi connectivity index (χ0v) is 12.1. The Morgan fingerprint density at radius 3 is 2.90 bits per heavy atom. The molecule has 0 aliphatic rings. The molecular formula is C17H21N3. The smallest absolute Gasteiger partial charge is 0.0991 e. The molecule has 0 aliphatic heterocycles. The van der Waals surface area contributed by atoms with E-state index in [-0.39, 0.29) is 0 Å². The minimum absolute atomic E-state index is 0.423. The van der Waals surface area contributed by atoms with Gasteiger partial charge in [-0.05, 0) is 42.8 Å². The summed E-state index contributed by atoms with van der Waals surface area (Å²) in [6, 6.07) is 12.6. The summed E-state index contributed by atoms with van der Waals surface area (Å²) in [5, 5.41) is 12.3. The van der Waals surface area contributed by atoms with Crippen LogP contribution >= 0.6 is 0 Å². The lowest BCUT2D eigenvalue weighted by atomic mass is 10.1. The lowest BCUT2D eigenvalue weighted by Gasteiger charge is -2.13. The molecule has 1 heterocycles. The average Bonchev–Trinajstić information content (AvgIpc) is 2.93. The van der Waals surface area contributed by atoms with Gasteiger partial charge in [-0.25, -0.2) is 0 Å². The highest BCUT2D eigenvalue weighted by atomic mass is 14.9. The lowest BCUT2D eigenvalue weighted by Crippen LogP contribution is -2.15. The molecule has 3 nitrogen and oxygen atoms in total. The first-order valence-corrected chi connectivity index (χ1v) is 7.08. The topological polar surface area (TPSA) is 40.8 Å². The lowest BCUT2D eigenvalue weighted by molar-refractivity contribution is 0.540. The molecule has 20 heavy (non-hydrogen) atoms. The van der Waals surface area contributed by atoms with Gasteiger partial charge in [0.25, 0.3) is 0 Å². The summed E-state index contributed by atoms with van der Waals surface area (Å²) in [7, 11) is 2.01. The van der Waals surface area contributed by atoms with Gasteiger partial charge in [0, 0.05) is 25.0 Å². The third-order valence-corrected chi connectivity index (χ3v) is 3.52. The zero-order chi connectivity index (χ0) is 14.4. The van der Waals surface area contributed by atoms with Crippen LogP contribution in [0.5, 0.6) is 0 Å². The molecular weight excluding hydrogens is 246 g/mol. The summed E-state index contributed by atoms with van der Waals surface area (Å²) in [6.45, 7) is 3.01. The first-order valence-electron chi connectivity index (χ1n) is 7.08. The maximum Gasteiger partial charge on any atom is 0.0991 e. The van der Waals surface area contributed by atoms with E-state index in [9.17, 15) is 0 Å². The van der Waals surface area contributed by atoms with Crippen LogP contribution in [0, 0.1) is 11.3 Å². The molecule has 0 amide bonds. The summed E-state index contributed by atoms with van der Waals surface area (Å²) in [6.07, 6.45) is 6.61. The van der Waals surface area contributed by atoms with Crippen molar-refractivity contribution in [2.24, 2.45) is 0 Å². The van der Waals surface area contributed by atoms with E-state index in [0.717, 1.165) is 18.5 Å². The second kappa shape index (κ2) is 6.93. The molecule has 0 fully saturated rings. The fraction of sp³-hybridized carbons (Fsp3) is 0.353. The number of benzene rings is 1. The van der Waals surface area contributed by atoms with Gasteiger partial charge in [0.1, 0.15) is 0 Å². The van der Waals surface area contributed by atoms with Crippen LogP contribution in [0.25, 0.3) is 0 Å². The van der Waals surface area contributed by atoms with Crippen molar-refractivity contribution in [3.63, 3.8) is 0 Å². The molecule has 0 saturated heterocycles. The van der Waals surface area contributed by atoms with Crippen molar-refractivity contribution in [3.8, 4) is 6.07 Å². The molecule has 0 aliphatic carbocycles. The Morgan fingerprint density at radius 2 is 2.20 bits per heavy atom. The van der Waals surface area contributed by atoms with E-state index in [1.54, 1.807) is 0 Å². The van der Waals surface area contributed by atoms with Crippen molar-refractivity contribution in [3.05, 3.63) is 59.4 Å². The number of hydrogen-bond acceptors (Lipinski definition) is 2. The van der Waals surface area contributed by atoms with Gasteiger partial charge in [-0.15, -0.1) is 0 Å². The molecule has 1 atom stereocenters. The van der Waals surface area contributed by atoms with Crippen molar-refractivity contribution >= 4 is 0 Å². The van der Waals surface area contributed by atoms with Crippen LogP contribution in [0.2, 0.25) is 0 Å². The highest BCUT2D eigenvalue weighted by molar-refractivity contribution is 5.33. The van der Waals surface area contributed by atoms with Crippen LogP contribution in [0.3, 0.4) is 0 Å². The van der Waals surface area contributed by atoms with Crippen molar-refractivity contribution in [1.82, 2.24) is 9.88 Å². The normalized spacial score (nSPS) is 12.1. The fourth-order valence-corrected chi connectivity index (χ4v) is 2.48. The molecule has 0 radical (unpaired) electrons. The van der Waals surface area contributed by atoms with Crippen molar-refractivity contribution < 1.29 is 0 Å². The van der Waals surface area contributed by atoms with Crippen LogP contribution in [-0.2, 0) is 6.54 Å². The minimum Gasteiger partial charge on any atom is -0.350 e. The Balaban J connectivity index is 2.11. The van der Waals surface area contributed by atoms with Gasteiger partial charge in [-0.1, -0.05) is 25.5 Å². The quantitative estimate of drug-likeness (QED) is 0.870. The molecule has 1 aromatic heterocycles. The van der Waals surface area contributed by atoms with Crippen molar-refractivity contribution in [1.29, 1.82) is 5.26 Å². The molecule has 0 spiro atoms. The van der Waals surface area contributed by atoms with Gasteiger partial charge in [-0.3, -0.25) is 0 Å². The second-order valence-corrected chi connectivity index (χ2v) is 5.06. The Bertz CT molecular complexity index is 592. The standard InChI is InChI=1S/C17H21N3/c1-3-5-17(19-2)16-8-9-20(13-16)12-15-7-4-6-14(10-15)11-18/h4,6-10,13,17,19H,3,5,12H2,1-2H3. The van der Waals surface area contributed by atoms with Crippen LogP contribution in [-0.4, -0.2) is 11.6 Å². The van der Waals surface area contributed by atoms with Gasteiger partial charge < -0.3 is 9.88 Å². The maximum atomic E-state index is 8.93. The number of nitrogens with zero attached hydrogens (tertiary/aromatic N) is 2. The number of nitriles is 1. The highest BCUT2D eigenvalue weighted by Crippen LogP contribution is 2.19. The van der Waals surface area contributed by atoms with E-state index < -0.39 is 0 Å². The molecule has 1 unspecified atom stereocenters. The predicted octanol–water partition coefficient (Wildman–Crippen LogP) is 3.47. The van der Waals surface area contributed by atoms with Gasteiger partial charge in [0.05, 0.1) is 11.6 Å². The summed E-state index contributed by atoms with van der Waals surface area (Å²) in [5.41, 5.74) is 3.20. The highest BCUT2D eigenvalue weighted by Gasteiger charge is 2.09. The third kappa shape index (κ3) is 3.49. The minimum atomic E-state index is 0.423. The second-order valence-electron chi connectivity index (χ2n) is 5.06. The summed E-state index contributed by atoms with van der Waals surface area (Å²) < 4.78 is 2.17. The molecule has 2 rings (SSSR count). The van der Waals surface area contributed by atoms with Gasteiger partial charge in [0.15, 0.2) is 0 Å². The Kier molecular flexibility index (Phi) is 4.97. The number of rotatable bonds is 6. The molecule has 104 valence electrons. The van der Waals surface area contributed by atoms with E-state index in [1.807, 2.05) is 25.2 Å². The molecule has 3 heteroatoms. The van der Waals surface area contributed by atoms with E-state index in [4.69, 9.17) is 5.26 Å². The molecule has 0 bridgehead atoms. The van der Waals surface area contributed by atoms with Crippen LogP contribution < -0.4 is 5.32 Å². The van der Waals surface area contributed by atoms with E-state index in [0.29, 0.717) is 11.6 Å². The SMILES string of the molecule is CCCC(NC)c1ccn(Cc2cccc(C#N)c2)c1. The third-order valence-electron chi connectivity index (χ3n) is 3.52. The molecule has 1 aromatic carbocycles. The van der Waals surface area contributed by atoms with Crippen LogP contribution in [0.4, 0.5) is 0 Å². The first-order chi connectivity index (χ1) is 9.76. The summed E-state index contributed by atoms with van der Waals surface area (Å²) in [5.74, 6) is 0. The monoisotopic (exact) mass is 267 g/mol. The Labute approximate surface area is 120 Å². The summed E-state index contributed by atoms with van der Waals surface area (Å²) in [4.78, 5) is 0. The Morgan fingerprint density at radius 1 is 1.35 bits per heavy atom. The van der Waals surface area contributed by atoms with E-state index >= 15 is 0 Å². The van der Waals surface area contributed by atoms with Crippen molar-refractivity contribution in [2.45, 2.75) is 32.4 Å². The first kappa shape index (κ1) is 14.4.